The van der Waals surface area contributed by atoms with Crippen LogP contribution in [0.15, 0.2) is 43.0 Å². The number of cyclic esters (lactones) is 1. The molecule has 1 heterocycles. The van der Waals surface area contributed by atoms with Gasteiger partial charge in [-0.25, -0.2) is 4.79 Å². The first-order valence-electron chi connectivity index (χ1n) is 8.77. The van der Waals surface area contributed by atoms with Crippen molar-refractivity contribution in [3.05, 3.63) is 59.2 Å². The fourth-order valence-corrected chi connectivity index (χ4v) is 2.93. The number of halogens is 1. The third-order valence-corrected chi connectivity index (χ3v) is 4.38. The van der Waals surface area contributed by atoms with Crippen molar-refractivity contribution in [2.45, 2.75) is 38.7 Å². The van der Waals surface area contributed by atoms with Gasteiger partial charge in [-0.3, -0.25) is 4.79 Å². The molecule has 1 aliphatic heterocycles. The van der Waals surface area contributed by atoms with Crippen molar-refractivity contribution in [3.63, 3.8) is 0 Å². The molecule has 27 heavy (non-hydrogen) atoms. The maximum absolute atomic E-state index is 12.6. The van der Waals surface area contributed by atoms with Crippen LogP contribution in [0.4, 0.5) is 0 Å². The van der Waals surface area contributed by atoms with E-state index in [1.54, 1.807) is 13.0 Å². The van der Waals surface area contributed by atoms with E-state index in [0.29, 0.717) is 6.42 Å². The molecule has 0 radical (unpaired) electrons. The van der Waals surface area contributed by atoms with Gasteiger partial charge in [-0.1, -0.05) is 42.5 Å². The number of benzene rings is 1. The van der Waals surface area contributed by atoms with Gasteiger partial charge in [0.05, 0.1) is 5.02 Å². The zero-order chi connectivity index (χ0) is 19.8. The molecule has 0 saturated heterocycles. The monoisotopic (exact) mass is 390 g/mol. The highest BCUT2D eigenvalue weighted by Gasteiger charge is 2.26. The maximum Gasteiger partial charge on any atom is 0.342 e. The fourth-order valence-electron chi connectivity index (χ4n) is 2.66. The van der Waals surface area contributed by atoms with Crippen LogP contribution < -0.4 is 4.74 Å². The summed E-state index contributed by atoms with van der Waals surface area (Å²) in [5.41, 5.74) is 0.0794. The number of hydrogen-bond donors (Lipinski definition) is 1. The Hall–Kier alpha value is -2.53. The maximum atomic E-state index is 12.6. The normalized spacial score (nSPS) is 18.4. The van der Waals surface area contributed by atoms with Crippen LogP contribution in [0.2, 0.25) is 5.02 Å². The molecule has 5 nitrogen and oxygen atoms in total. The topological polar surface area (TPSA) is 72.8 Å². The number of aromatic hydroxyl groups is 1. The van der Waals surface area contributed by atoms with Crippen LogP contribution in [0.3, 0.4) is 0 Å². The van der Waals surface area contributed by atoms with E-state index in [1.165, 1.54) is 18.2 Å². The second kappa shape index (κ2) is 9.97. The Morgan fingerprint density at radius 3 is 2.81 bits per heavy atom. The number of ketones is 1. The van der Waals surface area contributed by atoms with E-state index in [1.807, 2.05) is 12.2 Å². The molecule has 1 aromatic rings. The fraction of sp³-hybridized carbons (Fsp3) is 0.333. The molecular weight excluding hydrogens is 368 g/mol. The van der Waals surface area contributed by atoms with Crippen LogP contribution in [-0.2, 0) is 16.0 Å². The van der Waals surface area contributed by atoms with Crippen LogP contribution in [0, 0.1) is 0 Å². The SMILES string of the molecule is C=CCOc1cc(O)c2c(c1Cl)CC(=O)C=CCCC=CC[C@@H](C)OC2=O. The smallest absolute Gasteiger partial charge is 0.342 e. The average Bonchev–Trinajstić information content (AvgIpc) is 2.61. The molecule has 0 amide bonds. The number of carbonyl (C=O) groups excluding carboxylic acids is 2. The Morgan fingerprint density at radius 2 is 2.07 bits per heavy atom. The Bertz CT molecular complexity index is 779. The van der Waals surface area contributed by atoms with Gasteiger partial charge in [0.15, 0.2) is 5.78 Å². The number of phenols is 1. The lowest BCUT2D eigenvalue weighted by molar-refractivity contribution is -0.114. The molecular formula is C21H23ClO5. The highest BCUT2D eigenvalue weighted by Crippen LogP contribution is 2.38. The molecule has 0 spiro atoms. The van der Waals surface area contributed by atoms with E-state index in [2.05, 4.69) is 6.58 Å². The summed E-state index contributed by atoms with van der Waals surface area (Å²) in [6, 6.07) is 1.25. The van der Waals surface area contributed by atoms with Crippen LogP contribution >= 0.6 is 11.6 Å². The second-order valence-electron chi connectivity index (χ2n) is 6.21. The lowest BCUT2D eigenvalue weighted by atomic mass is 9.99. The number of carbonyl (C=O) groups is 2. The molecule has 0 saturated carbocycles. The standard InChI is InChI=1S/C21H23ClO5/c1-3-11-26-18-13-17(24)19-16(20(18)22)12-15(23)10-8-6-4-5-7-9-14(2)27-21(19)25/h3,5,7-8,10,13-14,24H,1,4,6,9,11-12H2,2H3/t14-/m1/s1. The van der Waals surface area contributed by atoms with Crippen molar-refractivity contribution in [2.24, 2.45) is 0 Å². The van der Waals surface area contributed by atoms with Gasteiger partial charge in [0, 0.05) is 24.5 Å². The molecule has 0 aromatic heterocycles. The summed E-state index contributed by atoms with van der Waals surface area (Å²) in [6.45, 7) is 5.49. The molecule has 1 aromatic carbocycles. The molecule has 1 aliphatic rings. The summed E-state index contributed by atoms with van der Waals surface area (Å²) in [5.74, 6) is -1.13. The minimum atomic E-state index is -0.727. The van der Waals surface area contributed by atoms with Gasteiger partial charge in [-0.15, -0.1) is 0 Å². The van der Waals surface area contributed by atoms with Crippen molar-refractivity contribution in [1.29, 1.82) is 0 Å². The van der Waals surface area contributed by atoms with Crippen LogP contribution in [0.25, 0.3) is 0 Å². The summed E-state index contributed by atoms with van der Waals surface area (Å²) in [4.78, 5) is 25.0. The highest BCUT2D eigenvalue weighted by atomic mass is 35.5. The number of phenolic OH excluding ortho intramolecular Hbond substituents is 1. The van der Waals surface area contributed by atoms with Gasteiger partial charge >= 0.3 is 5.97 Å². The van der Waals surface area contributed by atoms with E-state index in [9.17, 15) is 14.7 Å². The summed E-state index contributed by atoms with van der Waals surface area (Å²) in [6.07, 6.45) is 10.2. The number of esters is 1. The molecule has 144 valence electrons. The van der Waals surface area contributed by atoms with Crippen molar-refractivity contribution in [3.8, 4) is 11.5 Å². The van der Waals surface area contributed by atoms with E-state index in [4.69, 9.17) is 21.1 Å². The van der Waals surface area contributed by atoms with Crippen molar-refractivity contribution in [1.82, 2.24) is 0 Å². The number of hydrogen-bond acceptors (Lipinski definition) is 5. The Morgan fingerprint density at radius 1 is 1.33 bits per heavy atom. The van der Waals surface area contributed by atoms with Crippen molar-refractivity contribution < 1.29 is 24.2 Å². The van der Waals surface area contributed by atoms with Crippen LogP contribution in [0.1, 0.15) is 42.1 Å². The molecule has 2 rings (SSSR count). The van der Waals surface area contributed by atoms with Gasteiger partial charge in [-0.2, -0.15) is 0 Å². The third kappa shape index (κ3) is 5.73. The lowest BCUT2D eigenvalue weighted by Gasteiger charge is -2.18. The van der Waals surface area contributed by atoms with Gasteiger partial charge in [0.1, 0.15) is 29.8 Å². The second-order valence-corrected chi connectivity index (χ2v) is 6.58. The molecule has 1 N–H and O–H groups in total. The Labute approximate surface area is 163 Å². The predicted molar refractivity (Wildman–Crippen MR) is 105 cm³/mol. The summed E-state index contributed by atoms with van der Waals surface area (Å²) >= 11 is 6.39. The van der Waals surface area contributed by atoms with E-state index in [0.717, 1.165) is 12.8 Å². The molecule has 0 unspecified atom stereocenters. The van der Waals surface area contributed by atoms with Crippen molar-refractivity contribution in [2.75, 3.05) is 6.61 Å². The Balaban J connectivity index is 2.51. The van der Waals surface area contributed by atoms with Crippen LogP contribution in [-0.4, -0.2) is 29.6 Å². The first kappa shape index (κ1) is 20.8. The minimum Gasteiger partial charge on any atom is -0.507 e. The number of ether oxygens (including phenoxy) is 2. The van der Waals surface area contributed by atoms with E-state index in [-0.39, 0.29) is 52.6 Å². The number of allylic oxidation sites excluding steroid dienone is 3. The minimum absolute atomic E-state index is 0.1000. The predicted octanol–water partition coefficient (Wildman–Crippen LogP) is 4.56. The zero-order valence-electron chi connectivity index (χ0n) is 15.2. The van der Waals surface area contributed by atoms with Crippen molar-refractivity contribution >= 4 is 23.4 Å². The average molecular weight is 391 g/mol. The largest absolute Gasteiger partial charge is 0.507 e. The molecule has 0 bridgehead atoms. The summed E-state index contributed by atoms with van der Waals surface area (Å²) in [7, 11) is 0. The summed E-state index contributed by atoms with van der Waals surface area (Å²) in [5, 5.41) is 10.5. The molecule has 6 heteroatoms. The highest BCUT2D eigenvalue weighted by molar-refractivity contribution is 6.33. The molecule has 0 fully saturated rings. The van der Waals surface area contributed by atoms with E-state index < -0.39 is 5.97 Å². The van der Waals surface area contributed by atoms with E-state index >= 15 is 0 Å². The van der Waals surface area contributed by atoms with Gasteiger partial charge in [0.2, 0.25) is 0 Å². The van der Waals surface area contributed by atoms with Gasteiger partial charge in [-0.05, 0) is 25.8 Å². The number of rotatable bonds is 3. The quantitative estimate of drug-likeness (QED) is 0.604. The Kier molecular flexibility index (Phi) is 7.67. The first-order valence-corrected chi connectivity index (χ1v) is 9.15. The van der Waals surface area contributed by atoms with Gasteiger partial charge in [0.25, 0.3) is 0 Å². The number of fused-ring (bicyclic) bond motifs is 1. The van der Waals surface area contributed by atoms with Gasteiger partial charge < -0.3 is 14.6 Å². The molecule has 1 atom stereocenters. The molecule has 0 aliphatic carbocycles. The summed E-state index contributed by atoms with van der Waals surface area (Å²) < 4.78 is 10.9. The van der Waals surface area contributed by atoms with Crippen LogP contribution in [0.5, 0.6) is 11.5 Å². The first-order chi connectivity index (χ1) is 12.9. The lowest BCUT2D eigenvalue weighted by Crippen LogP contribution is -2.18. The zero-order valence-corrected chi connectivity index (χ0v) is 16.0. The third-order valence-electron chi connectivity index (χ3n) is 3.97.